The van der Waals surface area contributed by atoms with Crippen LogP contribution in [0.25, 0.3) is 68.1 Å². The molecule has 7 rings (SSSR count). The zero-order valence-electron chi connectivity index (χ0n) is 35.7. The predicted octanol–water partition coefficient (Wildman–Crippen LogP) is 10.8. The van der Waals surface area contributed by atoms with Crippen LogP contribution in [0.4, 0.5) is 0 Å². The number of aromatic nitrogens is 10. The number of pyridine rings is 1. The maximum Gasteiger partial charge on any atom is 0.163 e. The van der Waals surface area contributed by atoms with Crippen molar-refractivity contribution < 1.29 is 0 Å². The van der Waals surface area contributed by atoms with E-state index in [0.717, 1.165) is 50.6 Å². The molecule has 4 heterocycles. The summed E-state index contributed by atoms with van der Waals surface area (Å²) in [7, 11) is 0. The summed E-state index contributed by atoms with van der Waals surface area (Å²) in [5.41, 5.74) is 5.09. The van der Waals surface area contributed by atoms with E-state index >= 15 is 0 Å². The van der Waals surface area contributed by atoms with Crippen LogP contribution in [-0.2, 0) is 21.7 Å². The Bertz CT molecular complexity index is 2540. The van der Waals surface area contributed by atoms with E-state index in [-0.39, 0.29) is 21.7 Å². The molecule has 0 aliphatic carbocycles. The standard InChI is InChI=1S/C48H52N10/c1-45(2,3)41-52-36(30-16-14-13-15-17-30)50-39(56-41)34-26-33(29-22-24-49-25-23-29)27-35(28-34)40-51-37(53-42(57-40)46(4,5)6)31-18-20-32(21-19-31)38-54-43(47(7,8)9)58-44(55-38)48(10,11)12/h13-28H,1-12H3. The fraction of sp³-hybridized carbons (Fsp3) is 0.333. The molecule has 0 spiro atoms. The lowest BCUT2D eigenvalue weighted by Crippen LogP contribution is -2.24. The lowest BCUT2D eigenvalue weighted by Gasteiger charge is -2.22. The Hall–Kier alpha value is -6.16. The second kappa shape index (κ2) is 15.0. The van der Waals surface area contributed by atoms with Gasteiger partial charge in [-0.05, 0) is 41.5 Å². The van der Waals surface area contributed by atoms with Crippen molar-refractivity contribution in [2.75, 3.05) is 0 Å². The first kappa shape index (κ1) is 40.1. The fourth-order valence-corrected chi connectivity index (χ4v) is 6.07. The molecular formula is C48H52N10. The van der Waals surface area contributed by atoms with Crippen molar-refractivity contribution in [2.24, 2.45) is 0 Å². The second-order valence-corrected chi connectivity index (χ2v) is 18.9. The van der Waals surface area contributed by atoms with Crippen LogP contribution in [0.3, 0.4) is 0 Å². The van der Waals surface area contributed by atoms with E-state index in [0.29, 0.717) is 40.8 Å². The summed E-state index contributed by atoms with van der Waals surface area (Å²) in [6.07, 6.45) is 3.59. The maximum atomic E-state index is 5.15. The van der Waals surface area contributed by atoms with E-state index in [1.807, 2.05) is 66.7 Å². The molecule has 0 bridgehead atoms. The summed E-state index contributed by atoms with van der Waals surface area (Å²) in [6, 6.07) is 28.4. The average molecular weight is 769 g/mol. The highest BCUT2D eigenvalue weighted by Gasteiger charge is 2.27. The molecule has 0 unspecified atom stereocenters. The number of rotatable bonds is 6. The summed E-state index contributed by atoms with van der Waals surface area (Å²) in [4.78, 5) is 49.3. The molecule has 0 radical (unpaired) electrons. The molecule has 0 aliphatic rings. The number of nitrogens with zero attached hydrogens (tertiary/aromatic N) is 10. The minimum absolute atomic E-state index is 0.237. The maximum absolute atomic E-state index is 5.15. The van der Waals surface area contributed by atoms with E-state index in [4.69, 9.17) is 44.9 Å². The van der Waals surface area contributed by atoms with Crippen LogP contribution in [0.1, 0.15) is 106 Å². The quantitative estimate of drug-likeness (QED) is 0.161. The van der Waals surface area contributed by atoms with Gasteiger partial charge in [0.25, 0.3) is 0 Å². The van der Waals surface area contributed by atoms with Gasteiger partial charge < -0.3 is 0 Å². The highest BCUT2D eigenvalue weighted by molar-refractivity contribution is 5.78. The molecule has 0 amide bonds. The first-order chi connectivity index (χ1) is 27.2. The van der Waals surface area contributed by atoms with Crippen molar-refractivity contribution in [1.82, 2.24) is 49.8 Å². The van der Waals surface area contributed by atoms with Gasteiger partial charge in [-0.25, -0.2) is 44.9 Å². The number of hydrogen-bond acceptors (Lipinski definition) is 10. The minimum Gasteiger partial charge on any atom is -0.265 e. The van der Waals surface area contributed by atoms with E-state index in [9.17, 15) is 0 Å². The Labute approximate surface area is 342 Å². The van der Waals surface area contributed by atoms with Crippen molar-refractivity contribution in [3.63, 3.8) is 0 Å². The van der Waals surface area contributed by atoms with Crippen LogP contribution < -0.4 is 0 Å². The SMILES string of the molecule is CC(C)(C)c1nc(-c2ccccc2)nc(-c2cc(-c3ccncc3)cc(-c3nc(-c4ccc(-c5nc(C(C)(C)C)nc(C(C)(C)C)n5)cc4)nc(C(C)(C)C)n3)c2)n1. The first-order valence-electron chi connectivity index (χ1n) is 19.7. The Morgan fingerprint density at radius 3 is 0.966 bits per heavy atom. The molecule has 10 nitrogen and oxygen atoms in total. The predicted molar refractivity (Wildman–Crippen MR) is 232 cm³/mol. The zero-order valence-corrected chi connectivity index (χ0v) is 35.7. The van der Waals surface area contributed by atoms with Crippen molar-refractivity contribution in [1.29, 1.82) is 0 Å². The molecule has 0 fully saturated rings. The van der Waals surface area contributed by atoms with Crippen LogP contribution in [0.15, 0.2) is 97.3 Å². The van der Waals surface area contributed by atoms with Gasteiger partial charge in [0.05, 0.1) is 0 Å². The Morgan fingerprint density at radius 1 is 0.276 bits per heavy atom. The molecule has 3 aromatic carbocycles. The van der Waals surface area contributed by atoms with Gasteiger partial charge in [-0.3, -0.25) is 4.98 Å². The third-order valence-corrected chi connectivity index (χ3v) is 9.49. The molecule has 4 aromatic heterocycles. The summed E-state index contributed by atoms with van der Waals surface area (Å²) in [6.45, 7) is 25.4. The molecule has 0 saturated carbocycles. The topological polar surface area (TPSA) is 129 Å². The van der Waals surface area contributed by atoms with Gasteiger partial charge in [-0.1, -0.05) is 138 Å². The van der Waals surface area contributed by atoms with E-state index in [2.05, 4.69) is 106 Å². The first-order valence-corrected chi connectivity index (χ1v) is 19.7. The molecule has 0 atom stereocenters. The van der Waals surface area contributed by atoms with Gasteiger partial charge in [0.15, 0.2) is 29.1 Å². The van der Waals surface area contributed by atoms with Crippen molar-refractivity contribution in [3.05, 3.63) is 121 Å². The normalized spacial score (nSPS) is 12.5. The van der Waals surface area contributed by atoms with Gasteiger partial charge in [-0.15, -0.1) is 0 Å². The molecule has 10 heteroatoms. The highest BCUT2D eigenvalue weighted by Crippen LogP contribution is 2.35. The van der Waals surface area contributed by atoms with Crippen LogP contribution in [0.2, 0.25) is 0 Å². The van der Waals surface area contributed by atoms with Gasteiger partial charge in [0, 0.05) is 61.9 Å². The molecule has 7 aromatic rings. The molecular weight excluding hydrogens is 717 g/mol. The average Bonchev–Trinajstić information content (AvgIpc) is 3.19. The van der Waals surface area contributed by atoms with Gasteiger partial charge >= 0.3 is 0 Å². The van der Waals surface area contributed by atoms with Crippen LogP contribution in [0, 0.1) is 0 Å². The summed E-state index contributed by atoms with van der Waals surface area (Å²) in [5, 5.41) is 0. The van der Waals surface area contributed by atoms with Crippen molar-refractivity contribution >= 4 is 0 Å². The monoisotopic (exact) mass is 768 g/mol. The Balaban J connectivity index is 1.38. The number of benzene rings is 3. The van der Waals surface area contributed by atoms with E-state index in [1.54, 1.807) is 12.4 Å². The Kier molecular flexibility index (Phi) is 10.3. The molecule has 0 saturated heterocycles. The molecule has 294 valence electrons. The lowest BCUT2D eigenvalue weighted by atomic mass is 9.93. The third-order valence-electron chi connectivity index (χ3n) is 9.49. The van der Waals surface area contributed by atoms with E-state index in [1.165, 1.54) is 0 Å². The third kappa shape index (κ3) is 8.86. The summed E-state index contributed by atoms with van der Waals surface area (Å²) in [5.74, 6) is 5.86. The van der Waals surface area contributed by atoms with Crippen molar-refractivity contribution in [2.45, 2.75) is 105 Å². The van der Waals surface area contributed by atoms with Crippen LogP contribution >= 0.6 is 0 Å². The minimum atomic E-state index is -0.365. The summed E-state index contributed by atoms with van der Waals surface area (Å²) >= 11 is 0. The van der Waals surface area contributed by atoms with Gasteiger partial charge in [0.2, 0.25) is 0 Å². The van der Waals surface area contributed by atoms with Crippen molar-refractivity contribution in [3.8, 4) is 68.1 Å². The number of hydrogen-bond donors (Lipinski definition) is 0. The Morgan fingerprint density at radius 2 is 0.586 bits per heavy atom. The fourth-order valence-electron chi connectivity index (χ4n) is 6.07. The largest absolute Gasteiger partial charge is 0.265 e. The van der Waals surface area contributed by atoms with Gasteiger partial charge in [-0.2, -0.15) is 0 Å². The van der Waals surface area contributed by atoms with Gasteiger partial charge in [0.1, 0.15) is 23.3 Å². The zero-order chi connectivity index (χ0) is 41.6. The van der Waals surface area contributed by atoms with Crippen LogP contribution in [-0.4, -0.2) is 49.8 Å². The smallest absolute Gasteiger partial charge is 0.163 e. The summed E-state index contributed by atoms with van der Waals surface area (Å²) < 4.78 is 0. The van der Waals surface area contributed by atoms with E-state index < -0.39 is 0 Å². The lowest BCUT2D eigenvalue weighted by molar-refractivity contribution is 0.497. The second-order valence-electron chi connectivity index (χ2n) is 18.9. The van der Waals surface area contributed by atoms with Crippen LogP contribution in [0.5, 0.6) is 0 Å². The molecule has 0 N–H and O–H groups in total. The highest BCUT2D eigenvalue weighted by atomic mass is 15.1. The molecule has 0 aliphatic heterocycles. The molecule has 58 heavy (non-hydrogen) atoms.